The molecule has 130 valence electrons. The van der Waals surface area contributed by atoms with E-state index < -0.39 is 11.5 Å². The molecular weight excluding hydrogens is 391 g/mol. The van der Waals surface area contributed by atoms with Gasteiger partial charge >= 0.3 is 159 Å². The Balaban J connectivity index is 2.05. The average Bonchev–Trinajstić information content (AvgIpc) is 3.43. The third kappa shape index (κ3) is 2.67. The molecule has 6 heteroatoms. The molecule has 3 aromatic rings. The predicted molar refractivity (Wildman–Crippen MR) is 101 cm³/mol. The Kier molecular flexibility index (Phi) is 4.00. The summed E-state index contributed by atoms with van der Waals surface area (Å²) in [6.45, 7) is 4.00. The van der Waals surface area contributed by atoms with E-state index in [9.17, 15) is 14.7 Å². The van der Waals surface area contributed by atoms with Crippen LogP contribution in [-0.4, -0.2) is 37.3 Å². The second-order valence-electron chi connectivity index (χ2n) is 6.84. The van der Waals surface area contributed by atoms with Crippen LogP contribution in [0.5, 0.6) is 0 Å². The van der Waals surface area contributed by atoms with Gasteiger partial charge in [0.1, 0.15) is 0 Å². The fourth-order valence-electron chi connectivity index (χ4n) is 3.48. The second kappa shape index (κ2) is 6.10. The van der Waals surface area contributed by atoms with Crippen LogP contribution in [0.25, 0.3) is 16.6 Å². The summed E-state index contributed by atoms with van der Waals surface area (Å²) in [5, 5.41) is 9.39. The Morgan fingerprint density at radius 3 is 2.65 bits per heavy atom. The first-order chi connectivity index (χ1) is 12.4. The number of hydrogen-bond donors (Lipinski definition) is 1. The molecule has 1 N–H and O–H groups in total. The van der Waals surface area contributed by atoms with E-state index in [-0.39, 0.29) is 5.56 Å². The SMILES string of the molecule is Cc1cc(-c2ccn3c(=O)c(C(=O)O)cc(C4CC4)c3c2C)cnc1[As]. The van der Waals surface area contributed by atoms with Crippen molar-refractivity contribution in [3.8, 4) is 11.1 Å². The molecule has 5 nitrogen and oxygen atoms in total. The number of pyridine rings is 3. The minimum atomic E-state index is -1.18. The van der Waals surface area contributed by atoms with Gasteiger partial charge in [-0.15, -0.1) is 0 Å². The summed E-state index contributed by atoms with van der Waals surface area (Å²) >= 11 is 2.46. The molecule has 1 fully saturated rings. The fraction of sp³-hybridized carbons (Fsp3) is 0.250. The first kappa shape index (κ1) is 17.0. The number of carbonyl (C=O) groups is 1. The molecule has 0 spiro atoms. The van der Waals surface area contributed by atoms with Crippen LogP contribution < -0.4 is 10.0 Å². The topological polar surface area (TPSA) is 71.7 Å². The van der Waals surface area contributed by atoms with Crippen molar-refractivity contribution in [2.45, 2.75) is 32.6 Å². The molecule has 26 heavy (non-hydrogen) atoms. The van der Waals surface area contributed by atoms with Crippen LogP contribution in [-0.2, 0) is 0 Å². The van der Waals surface area contributed by atoms with Crippen LogP contribution in [0.2, 0.25) is 0 Å². The minimum absolute atomic E-state index is 0.165. The molecule has 1 saturated carbocycles. The zero-order chi connectivity index (χ0) is 18.6. The summed E-state index contributed by atoms with van der Waals surface area (Å²) in [4.78, 5) is 28.5. The van der Waals surface area contributed by atoms with Crippen molar-refractivity contribution in [1.82, 2.24) is 9.38 Å². The van der Waals surface area contributed by atoms with E-state index in [0.29, 0.717) is 5.92 Å². The summed E-state index contributed by atoms with van der Waals surface area (Å²) in [5.41, 5.74) is 5.20. The van der Waals surface area contributed by atoms with Gasteiger partial charge in [0.25, 0.3) is 0 Å². The fourth-order valence-corrected chi connectivity index (χ4v) is 3.74. The van der Waals surface area contributed by atoms with Crippen molar-refractivity contribution in [3.63, 3.8) is 0 Å². The molecule has 2 radical (unpaired) electrons. The summed E-state index contributed by atoms with van der Waals surface area (Å²) in [6, 6.07) is 5.52. The van der Waals surface area contributed by atoms with E-state index >= 15 is 0 Å². The molecule has 4 rings (SSSR count). The number of fused-ring (bicyclic) bond motifs is 1. The van der Waals surface area contributed by atoms with Gasteiger partial charge in [-0.1, -0.05) is 0 Å². The van der Waals surface area contributed by atoms with Gasteiger partial charge in [-0.05, 0) is 0 Å². The van der Waals surface area contributed by atoms with E-state index in [0.717, 1.165) is 50.7 Å². The maximum atomic E-state index is 12.6. The number of aromatic nitrogens is 2. The summed E-state index contributed by atoms with van der Waals surface area (Å²) in [7, 11) is 0. The number of aryl methyl sites for hydroxylation is 2. The van der Waals surface area contributed by atoms with Gasteiger partial charge in [-0.25, -0.2) is 0 Å². The molecule has 0 unspecified atom stereocenters. The number of hydrogen-bond acceptors (Lipinski definition) is 3. The third-order valence-electron chi connectivity index (χ3n) is 5.02. The van der Waals surface area contributed by atoms with Crippen molar-refractivity contribution in [2.75, 3.05) is 0 Å². The molecule has 0 atom stereocenters. The summed E-state index contributed by atoms with van der Waals surface area (Å²) in [5.74, 6) is -0.850. The second-order valence-corrected chi connectivity index (χ2v) is 7.72. The monoisotopic (exact) mass is 408 g/mol. The van der Waals surface area contributed by atoms with Gasteiger partial charge in [0.15, 0.2) is 0 Å². The molecule has 3 heterocycles. The molecule has 3 aromatic heterocycles. The Hall–Kier alpha value is -2.39. The van der Waals surface area contributed by atoms with Crippen LogP contribution in [0.15, 0.2) is 35.4 Å². The van der Waals surface area contributed by atoms with Gasteiger partial charge in [0.2, 0.25) is 0 Å². The average molecular weight is 408 g/mol. The molecule has 1 aliphatic rings. The number of aromatic carboxylic acids is 1. The zero-order valence-electron chi connectivity index (χ0n) is 14.5. The Bertz CT molecular complexity index is 1130. The van der Waals surface area contributed by atoms with Crippen molar-refractivity contribution in [2.24, 2.45) is 0 Å². The van der Waals surface area contributed by atoms with Gasteiger partial charge < -0.3 is 0 Å². The predicted octanol–water partition coefficient (Wildman–Crippen LogP) is 2.35. The van der Waals surface area contributed by atoms with E-state index in [2.05, 4.69) is 27.9 Å². The van der Waals surface area contributed by atoms with E-state index in [1.807, 2.05) is 26.1 Å². The van der Waals surface area contributed by atoms with Gasteiger partial charge in [0.05, 0.1) is 0 Å². The maximum absolute atomic E-state index is 12.6. The quantitative estimate of drug-likeness (QED) is 0.676. The van der Waals surface area contributed by atoms with Crippen molar-refractivity contribution < 1.29 is 9.90 Å². The van der Waals surface area contributed by atoms with Gasteiger partial charge in [-0.3, -0.25) is 0 Å². The summed E-state index contributed by atoms with van der Waals surface area (Å²) < 4.78 is 2.42. The molecule has 0 aliphatic heterocycles. The van der Waals surface area contributed by atoms with Crippen molar-refractivity contribution >= 4 is 32.8 Å². The molecule has 1 aliphatic carbocycles. The van der Waals surface area contributed by atoms with Crippen LogP contribution in [0.1, 0.15) is 45.8 Å². The van der Waals surface area contributed by atoms with Crippen LogP contribution in [0.3, 0.4) is 0 Å². The van der Waals surface area contributed by atoms with E-state index in [1.165, 1.54) is 4.40 Å². The zero-order valence-corrected chi connectivity index (χ0v) is 16.4. The van der Waals surface area contributed by atoms with Crippen molar-refractivity contribution in [1.29, 1.82) is 0 Å². The van der Waals surface area contributed by atoms with E-state index in [1.54, 1.807) is 12.3 Å². The Morgan fingerprint density at radius 2 is 2.04 bits per heavy atom. The van der Waals surface area contributed by atoms with Crippen molar-refractivity contribution in [3.05, 3.63) is 63.2 Å². The molecule has 0 amide bonds. The molecule has 0 saturated heterocycles. The normalized spacial score (nSPS) is 14.0. The Morgan fingerprint density at radius 1 is 1.31 bits per heavy atom. The number of rotatable bonds is 3. The first-order valence-corrected chi connectivity index (χ1v) is 9.40. The first-order valence-electron chi connectivity index (χ1n) is 8.46. The molecule has 0 bridgehead atoms. The number of carboxylic acid groups (broad SMARTS) is 1. The van der Waals surface area contributed by atoms with Gasteiger partial charge in [-0.2, -0.15) is 0 Å². The molecular formula is C20H17AsN2O3. The molecule has 0 aromatic carbocycles. The van der Waals surface area contributed by atoms with Crippen LogP contribution in [0, 0.1) is 13.8 Å². The van der Waals surface area contributed by atoms with Crippen LogP contribution in [0.4, 0.5) is 0 Å². The number of carboxylic acids is 1. The van der Waals surface area contributed by atoms with E-state index in [4.69, 9.17) is 0 Å². The Labute approximate surface area is 159 Å². The summed E-state index contributed by atoms with van der Waals surface area (Å²) in [6.07, 6.45) is 5.57. The number of nitrogens with zero attached hydrogens (tertiary/aromatic N) is 2. The third-order valence-corrected chi connectivity index (χ3v) is 6.00. The van der Waals surface area contributed by atoms with Crippen LogP contribution >= 0.6 is 0 Å². The van der Waals surface area contributed by atoms with Gasteiger partial charge in [0, 0.05) is 0 Å². The standard InChI is InChI=1S/C20H17AsN2O3/c1-10-7-13(9-22-18(10)21)14-5-6-23-17(11(14)2)15(12-3-4-12)8-16(19(23)24)20(25)26/h5-9,12H,3-4H2,1-2H3,(H,25,26).